The Kier molecular flexibility index (Phi) is 3.92. The second-order valence-electron chi connectivity index (χ2n) is 4.31. The molecule has 100 valence electrons. The van der Waals surface area contributed by atoms with Crippen LogP contribution >= 0.6 is 0 Å². The molecule has 1 aliphatic rings. The lowest BCUT2D eigenvalue weighted by atomic mass is 10.2. The number of hydrogen-bond donors (Lipinski definition) is 0. The summed E-state index contributed by atoms with van der Waals surface area (Å²) in [6.07, 6.45) is 0. The number of nitro groups is 1. The molecule has 0 unspecified atom stereocenters. The van der Waals surface area contributed by atoms with Crippen LogP contribution in [0.25, 0.3) is 0 Å². The number of nitro benzene ring substituents is 1. The van der Waals surface area contributed by atoms with Crippen LogP contribution in [-0.4, -0.2) is 42.5 Å². The number of hydrogen-bond acceptors (Lipinski definition) is 5. The monoisotopic (exact) mass is 264 g/mol. The minimum atomic E-state index is -0.612. The molecule has 0 aromatic heterocycles. The number of anilines is 1. The smallest absolute Gasteiger partial charge is 0.295 e. The SMILES string of the molecule is N#CCN1CCN(c2ccc(F)cc2[N+](=O)[O-])CC1. The quantitative estimate of drug-likeness (QED) is 0.468. The van der Waals surface area contributed by atoms with E-state index in [4.69, 9.17) is 5.26 Å². The Morgan fingerprint density at radius 2 is 2.05 bits per heavy atom. The number of benzene rings is 1. The third kappa shape index (κ3) is 2.98. The Balaban J connectivity index is 2.16. The van der Waals surface area contributed by atoms with Crippen LogP contribution in [0.1, 0.15) is 0 Å². The summed E-state index contributed by atoms with van der Waals surface area (Å²) in [7, 11) is 0. The zero-order valence-corrected chi connectivity index (χ0v) is 10.3. The lowest BCUT2D eigenvalue weighted by Gasteiger charge is -2.34. The predicted octanol–water partition coefficient (Wildman–Crippen LogP) is 1.38. The van der Waals surface area contributed by atoms with E-state index in [1.807, 2.05) is 9.80 Å². The Bertz CT molecular complexity index is 521. The highest BCUT2D eigenvalue weighted by Crippen LogP contribution is 2.29. The van der Waals surface area contributed by atoms with Gasteiger partial charge in [-0.05, 0) is 12.1 Å². The van der Waals surface area contributed by atoms with Crippen molar-refractivity contribution >= 4 is 11.4 Å². The van der Waals surface area contributed by atoms with Gasteiger partial charge in [-0.2, -0.15) is 5.26 Å². The molecule has 0 spiro atoms. The first-order chi connectivity index (χ1) is 9.11. The molecule has 2 rings (SSSR count). The van der Waals surface area contributed by atoms with Crippen LogP contribution in [0.5, 0.6) is 0 Å². The molecule has 1 aromatic carbocycles. The van der Waals surface area contributed by atoms with E-state index < -0.39 is 10.7 Å². The second-order valence-corrected chi connectivity index (χ2v) is 4.31. The normalized spacial score (nSPS) is 16.1. The van der Waals surface area contributed by atoms with E-state index in [1.54, 1.807) is 0 Å². The van der Waals surface area contributed by atoms with Gasteiger partial charge in [-0.1, -0.05) is 0 Å². The summed E-state index contributed by atoms with van der Waals surface area (Å²) < 4.78 is 13.1. The maximum Gasteiger partial charge on any atom is 0.295 e. The molecule has 0 aliphatic carbocycles. The second kappa shape index (κ2) is 5.63. The fourth-order valence-electron chi connectivity index (χ4n) is 2.16. The van der Waals surface area contributed by atoms with Crippen molar-refractivity contribution in [2.45, 2.75) is 0 Å². The predicted molar refractivity (Wildman–Crippen MR) is 67.3 cm³/mol. The zero-order chi connectivity index (χ0) is 13.8. The molecule has 6 nitrogen and oxygen atoms in total. The van der Waals surface area contributed by atoms with Crippen molar-refractivity contribution in [3.05, 3.63) is 34.1 Å². The highest BCUT2D eigenvalue weighted by molar-refractivity contribution is 5.63. The summed E-state index contributed by atoms with van der Waals surface area (Å²) in [6.45, 7) is 2.88. The van der Waals surface area contributed by atoms with E-state index in [-0.39, 0.29) is 5.69 Å². The first-order valence-corrected chi connectivity index (χ1v) is 5.90. The van der Waals surface area contributed by atoms with Crippen molar-refractivity contribution in [3.8, 4) is 6.07 Å². The van der Waals surface area contributed by atoms with Crippen LogP contribution in [0, 0.1) is 27.3 Å². The molecule has 1 aromatic rings. The Labute approximate surface area is 109 Å². The average Bonchev–Trinajstić information content (AvgIpc) is 2.40. The van der Waals surface area contributed by atoms with Crippen LogP contribution in [0.2, 0.25) is 0 Å². The van der Waals surface area contributed by atoms with Crippen LogP contribution in [0.15, 0.2) is 18.2 Å². The van der Waals surface area contributed by atoms with E-state index in [0.29, 0.717) is 38.4 Å². The molecule has 0 bridgehead atoms. The van der Waals surface area contributed by atoms with Crippen molar-refractivity contribution in [3.63, 3.8) is 0 Å². The molecule has 0 radical (unpaired) electrons. The van der Waals surface area contributed by atoms with Crippen LogP contribution < -0.4 is 4.90 Å². The summed E-state index contributed by atoms with van der Waals surface area (Å²) in [6, 6.07) is 5.68. The Hall–Kier alpha value is -2.20. The fourth-order valence-corrected chi connectivity index (χ4v) is 2.16. The molecule has 1 fully saturated rings. The maximum atomic E-state index is 13.1. The van der Waals surface area contributed by atoms with Gasteiger partial charge in [0.2, 0.25) is 0 Å². The van der Waals surface area contributed by atoms with Gasteiger partial charge >= 0.3 is 0 Å². The number of rotatable bonds is 3. The fraction of sp³-hybridized carbons (Fsp3) is 0.417. The highest BCUT2D eigenvalue weighted by atomic mass is 19.1. The summed E-state index contributed by atoms with van der Waals surface area (Å²) >= 11 is 0. The van der Waals surface area contributed by atoms with Gasteiger partial charge < -0.3 is 4.90 Å². The lowest BCUT2D eigenvalue weighted by Crippen LogP contribution is -2.46. The molecular formula is C12H13FN4O2. The van der Waals surface area contributed by atoms with Crippen LogP contribution in [0.3, 0.4) is 0 Å². The Morgan fingerprint density at radius 3 is 2.63 bits per heavy atom. The van der Waals surface area contributed by atoms with Gasteiger partial charge in [0, 0.05) is 26.2 Å². The molecule has 0 saturated carbocycles. The van der Waals surface area contributed by atoms with Gasteiger partial charge in [-0.15, -0.1) is 0 Å². The molecule has 0 N–H and O–H groups in total. The first kappa shape index (κ1) is 13.2. The molecule has 1 heterocycles. The highest BCUT2D eigenvalue weighted by Gasteiger charge is 2.23. The lowest BCUT2D eigenvalue weighted by molar-refractivity contribution is -0.384. The number of piperazine rings is 1. The first-order valence-electron chi connectivity index (χ1n) is 5.90. The zero-order valence-electron chi connectivity index (χ0n) is 10.3. The molecule has 0 amide bonds. The molecular weight excluding hydrogens is 251 g/mol. The van der Waals surface area contributed by atoms with E-state index in [9.17, 15) is 14.5 Å². The third-order valence-electron chi connectivity index (χ3n) is 3.14. The molecule has 1 aliphatic heterocycles. The molecule has 1 saturated heterocycles. The summed E-state index contributed by atoms with van der Waals surface area (Å²) in [5.41, 5.74) is 0.219. The third-order valence-corrected chi connectivity index (χ3v) is 3.14. The molecule has 7 heteroatoms. The van der Waals surface area contributed by atoms with Gasteiger partial charge in [-0.3, -0.25) is 15.0 Å². The van der Waals surface area contributed by atoms with Gasteiger partial charge in [0.05, 0.1) is 23.6 Å². The van der Waals surface area contributed by atoms with Crippen molar-refractivity contribution in [2.75, 3.05) is 37.6 Å². The summed E-state index contributed by atoms with van der Waals surface area (Å²) in [4.78, 5) is 14.2. The number of halogens is 1. The van der Waals surface area contributed by atoms with Gasteiger partial charge in [0.1, 0.15) is 11.5 Å². The number of nitrogens with zero attached hydrogens (tertiary/aromatic N) is 4. The van der Waals surface area contributed by atoms with Crippen LogP contribution in [0.4, 0.5) is 15.8 Å². The minimum absolute atomic E-state index is 0.214. The molecule has 0 atom stereocenters. The van der Waals surface area contributed by atoms with Crippen molar-refractivity contribution in [1.82, 2.24) is 4.90 Å². The van der Waals surface area contributed by atoms with Crippen molar-refractivity contribution < 1.29 is 9.31 Å². The van der Waals surface area contributed by atoms with E-state index in [1.165, 1.54) is 12.1 Å². The Morgan fingerprint density at radius 1 is 1.37 bits per heavy atom. The van der Waals surface area contributed by atoms with Crippen molar-refractivity contribution in [1.29, 1.82) is 5.26 Å². The topological polar surface area (TPSA) is 73.4 Å². The minimum Gasteiger partial charge on any atom is -0.363 e. The summed E-state index contributed by atoms with van der Waals surface area (Å²) in [5.74, 6) is -0.612. The van der Waals surface area contributed by atoms with Gasteiger partial charge in [0.15, 0.2) is 0 Å². The standard InChI is InChI=1S/C12H13FN4O2/c13-10-1-2-11(12(9-10)17(18)19)16-7-5-15(4-3-14)6-8-16/h1-2,9H,4-8H2. The van der Waals surface area contributed by atoms with Gasteiger partial charge in [-0.25, -0.2) is 4.39 Å². The largest absolute Gasteiger partial charge is 0.363 e. The average molecular weight is 264 g/mol. The van der Waals surface area contributed by atoms with Crippen molar-refractivity contribution in [2.24, 2.45) is 0 Å². The van der Waals surface area contributed by atoms with Gasteiger partial charge in [0.25, 0.3) is 5.69 Å². The number of nitriles is 1. The van der Waals surface area contributed by atoms with E-state index in [0.717, 1.165) is 6.07 Å². The van der Waals surface area contributed by atoms with Crippen LogP contribution in [-0.2, 0) is 0 Å². The summed E-state index contributed by atoms with van der Waals surface area (Å²) in [5, 5.41) is 19.6. The van der Waals surface area contributed by atoms with E-state index in [2.05, 4.69) is 6.07 Å². The van der Waals surface area contributed by atoms with E-state index >= 15 is 0 Å². The maximum absolute atomic E-state index is 13.1. The molecule has 19 heavy (non-hydrogen) atoms.